The van der Waals surface area contributed by atoms with E-state index in [1.165, 1.54) is 12.8 Å². The van der Waals surface area contributed by atoms with Gasteiger partial charge in [0.25, 0.3) is 5.91 Å². The summed E-state index contributed by atoms with van der Waals surface area (Å²) in [5.74, 6) is 1.20. The Labute approximate surface area is 101 Å². The summed E-state index contributed by atoms with van der Waals surface area (Å²) in [7, 11) is 1.77. The lowest BCUT2D eigenvalue weighted by Crippen LogP contribution is -2.27. The van der Waals surface area contributed by atoms with Crippen molar-refractivity contribution in [2.75, 3.05) is 12.4 Å². The van der Waals surface area contributed by atoms with E-state index in [-0.39, 0.29) is 5.91 Å². The van der Waals surface area contributed by atoms with E-state index < -0.39 is 0 Å². The molecule has 0 radical (unpaired) electrons. The minimum atomic E-state index is -0.122. The van der Waals surface area contributed by atoms with Crippen molar-refractivity contribution in [3.63, 3.8) is 0 Å². The summed E-state index contributed by atoms with van der Waals surface area (Å²) in [6.45, 7) is 2.17. The minimum absolute atomic E-state index is 0.122. The molecular formula is C12H18N4O. The summed E-state index contributed by atoms with van der Waals surface area (Å²) >= 11 is 0. The van der Waals surface area contributed by atoms with Crippen LogP contribution in [0.5, 0.6) is 0 Å². The number of aromatic nitrogens is 2. The van der Waals surface area contributed by atoms with Gasteiger partial charge in [-0.05, 0) is 30.9 Å². The highest BCUT2D eigenvalue weighted by molar-refractivity contribution is 5.92. The second kappa shape index (κ2) is 5.12. The number of anilines is 1. The average Bonchev–Trinajstić information content (AvgIpc) is 3.08. The molecule has 2 unspecified atom stereocenters. The normalized spacial score (nSPS) is 22.0. The van der Waals surface area contributed by atoms with E-state index in [9.17, 15) is 4.79 Å². The van der Waals surface area contributed by atoms with Gasteiger partial charge in [-0.3, -0.25) is 4.79 Å². The molecule has 17 heavy (non-hydrogen) atoms. The first-order valence-corrected chi connectivity index (χ1v) is 6.07. The van der Waals surface area contributed by atoms with Crippen molar-refractivity contribution < 1.29 is 4.79 Å². The van der Waals surface area contributed by atoms with E-state index in [0.29, 0.717) is 23.5 Å². The highest BCUT2D eigenvalue weighted by Crippen LogP contribution is 2.34. The molecule has 5 nitrogen and oxygen atoms in total. The van der Waals surface area contributed by atoms with Gasteiger partial charge >= 0.3 is 0 Å². The highest BCUT2D eigenvalue weighted by atomic mass is 16.2. The molecule has 5 heteroatoms. The van der Waals surface area contributed by atoms with E-state index in [1.807, 2.05) is 0 Å². The van der Waals surface area contributed by atoms with E-state index in [0.717, 1.165) is 6.42 Å². The molecule has 1 saturated carbocycles. The van der Waals surface area contributed by atoms with E-state index in [1.54, 1.807) is 19.2 Å². The summed E-state index contributed by atoms with van der Waals surface area (Å²) < 4.78 is 0. The van der Waals surface area contributed by atoms with Crippen molar-refractivity contribution in [2.24, 2.45) is 5.92 Å². The Kier molecular flexibility index (Phi) is 3.56. The fraction of sp³-hybridized carbons (Fsp3) is 0.583. The highest BCUT2D eigenvalue weighted by Gasteiger charge is 2.37. The number of nitrogens with zero attached hydrogens (tertiary/aromatic N) is 2. The molecule has 1 aromatic heterocycles. The van der Waals surface area contributed by atoms with Gasteiger partial charge in [0.05, 0.1) is 0 Å². The lowest BCUT2D eigenvalue weighted by atomic mass is 10.2. The second-order valence-corrected chi connectivity index (χ2v) is 4.42. The Morgan fingerprint density at radius 2 is 2.29 bits per heavy atom. The number of amides is 1. The largest absolute Gasteiger partial charge is 0.372 e. The van der Waals surface area contributed by atoms with Crippen molar-refractivity contribution in [1.29, 1.82) is 0 Å². The smallest absolute Gasteiger partial charge is 0.272 e. The van der Waals surface area contributed by atoms with Crippen LogP contribution < -0.4 is 10.6 Å². The van der Waals surface area contributed by atoms with Gasteiger partial charge in [-0.1, -0.05) is 13.3 Å². The van der Waals surface area contributed by atoms with Crippen molar-refractivity contribution in [2.45, 2.75) is 32.2 Å². The summed E-state index contributed by atoms with van der Waals surface area (Å²) in [5.41, 5.74) is 0.381. The maximum absolute atomic E-state index is 11.8. The van der Waals surface area contributed by atoms with E-state index in [4.69, 9.17) is 0 Å². The summed E-state index contributed by atoms with van der Waals surface area (Å²) in [6.07, 6.45) is 3.46. The van der Waals surface area contributed by atoms with Crippen molar-refractivity contribution in [3.8, 4) is 0 Å². The van der Waals surface area contributed by atoms with Crippen LogP contribution in [0.3, 0.4) is 0 Å². The van der Waals surface area contributed by atoms with E-state index >= 15 is 0 Å². The molecule has 1 aliphatic rings. The Balaban J connectivity index is 1.87. The van der Waals surface area contributed by atoms with Crippen LogP contribution in [-0.4, -0.2) is 29.2 Å². The Morgan fingerprint density at radius 3 is 2.88 bits per heavy atom. The predicted octanol–water partition coefficient (Wildman–Crippen LogP) is 1.44. The van der Waals surface area contributed by atoms with Gasteiger partial charge < -0.3 is 10.6 Å². The van der Waals surface area contributed by atoms with E-state index in [2.05, 4.69) is 27.8 Å². The summed E-state index contributed by atoms with van der Waals surface area (Å²) in [4.78, 5) is 11.8. The predicted molar refractivity (Wildman–Crippen MR) is 65.8 cm³/mol. The zero-order chi connectivity index (χ0) is 12.3. The number of rotatable bonds is 5. The molecule has 2 rings (SSSR count). The molecular weight excluding hydrogens is 216 g/mol. The Bertz CT molecular complexity index is 390. The SMILES string of the molecule is CCCC1CC1NC(=O)c1ccc(NC)nn1. The zero-order valence-electron chi connectivity index (χ0n) is 10.2. The summed E-state index contributed by atoms with van der Waals surface area (Å²) in [5, 5.41) is 13.6. The molecule has 2 N–H and O–H groups in total. The van der Waals surface area contributed by atoms with Gasteiger partial charge in [0, 0.05) is 13.1 Å². The van der Waals surface area contributed by atoms with Crippen molar-refractivity contribution in [1.82, 2.24) is 15.5 Å². The van der Waals surface area contributed by atoms with Crippen LogP contribution >= 0.6 is 0 Å². The fourth-order valence-corrected chi connectivity index (χ4v) is 1.94. The summed E-state index contributed by atoms with van der Waals surface area (Å²) in [6, 6.07) is 3.78. The molecule has 2 atom stereocenters. The molecule has 0 aromatic carbocycles. The monoisotopic (exact) mass is 234 g/mol. The molecule has 1 aromatic rings. The molecule has 1 aliphatic carbocycles. The zero-order valence-corrected chi connectivity index (χ0v) is 10.2. The molecule has 0 spiro atoms. The van der Waals surface area contributed by atoms with Gasteiger partial charge in [0.1, 0.15) is 5.82 Å². The molecule has 1 heterocycles. The minimum Gasteiger partial charge on any atom is -0.372 e. The lowest BCUT2D eigenvalue weighted by molar-refractivity contribution is 0.0943. The quantitative estimate of drug-likeness (QED) is 0.809. The standard InChI is InChI=1S/C12H18N4O/c1-3-4-8-7-10(8)14-12(17)9-5-6-11(13-2)16-15-9/h5-6,8,10H,3-4,7H2,1-2H3,(H,13,16)(H,14,17). The van der Waals surface area contributed by atoms with Gasteiger partial charge in [0.2, 0.25) is 0 Å². The average molecular weight is 234 g/mol. The fourth-order valence-electron chi connectivity index (χ4n) is 1.94. The Morgan fingerprint density at radius 1 is 1.47 bits per heavy atom. The van der Waals surface area contributed by atoms with Gasteiger partial charge in [-0.2, -0.15) is 0 Å². The number of carbonyl (C=O) groups excluding carboxylic acids is 1. The molecule has 0 bridgehead atoms. The topological polar surface area (TPSA) is 66.9 Å². The van der Waals surface area contributed by atoms with Crippen molar-refractivity contribution in [3.05, 3.63) is 17.8 Å². The Hall–Kier alpha value is -1.65. The lowest BCUT2D eigenvalue weighted by Gasteiger charge is -2.04. The second-order valence-electron chi connectivity index (χ2n) is 4.42. The molecule has 1 fully saturated rings. The maximum atomic E-state index is 11.8. The van der Waals surface area contributed by atoms with Gasteiger partial charge in [-0.25, -0.2) is 0 Å². The molecule has 0 saturated heterocycles. The van der Waals surface area contributed by atoms with Crippen LogP contribution in [0.2, 0.25) is 0 Å². The first kappa shape index (κ1) is 11.8. The van der Waals surface area contributed by atoms with Crippen LogP contribution in [0.1, 0.15) is 36.7 Å². The van der Waals surface area contributed by atoms with Crippen LogP contribution in [0.15, 0.2) is 12.1 Å². The number of hydrogen-bond donors (Lipinski definition) is 2. The van der Waals surface area contributed by atoms with Crippen LogP contribution in [-0.2, 0) is 0 Å². The van der Waals surface area contributed by atoms with Crippen LogP contribution in [0.4, 0.5) is 5.82 Å². The molecule has 0 aliphatic heterocycles. The first-order chi connectivity index (χ1) is 8.24. The van der Waals surface area contributed by atoms with Gasteiger partial charge in [-0.15, -0.1) is 10.2 Å². The first-order valence-electron chi connectivity index (χ1n) is 6.07. The maximum Gasteiger partial charge on any atom is 0.272 e. The third-order valence-electron chi connectivity index (χ3n) is 3.05. The number of carbonyl (C=O) groups is 1. The van der Waals surface area contributed by atoms with Gasteiger partial charge in [0.15, 0.2) is 5.69 Å². The molecule has 1 amide bonds. The van der Waals surface area contributed by atoms with Crippen LogP contribution in [0, 0.1) is 5.92 Å². The molecule has 92 valence electrons. The third-order valence-corrected chi connectivity index (χ3v) is 3.05. The van der Waals surface area contributed by atoms with Crippen molar-refractivity contribution >= 4 is 11.7 Å². The van der Waals surface area contributed by atoms with Crippen LogP contribution in [0.25, 0.3) is 0 Å². The number of nitrogens with one attached hydrogen (secondary N) is 2. The number of hydrogen-bond acceptors (Lipinski definition) is 4. The third kappa shape index (κ3) is 2.93.